The van der Waals surface area contributed by atoms with Gasteiger partial charge < -0.3 is 25.8 Å². The van der Waals surface area contributed by atoms with Gasteiger partial charge in [0.15, 0.2) is 11.5 Å². The summed E-state index contributed by atoms with van der Waals surface area (Å²) in [4.78, 5) is 23.4. The summed E-state index contributed by atoms with van der Waals surface area (Å²) in [5, 5.41) is 27.9. The number of esters is 2. The number of aromatic hydroxyl groups is 3. The topological polar surface area (TPSA) is 130 Å². The summed E-state index contributed by atoms with van der Waals surface area (Å²) < 4.78 is 4.58. The van der Waals surface area contributed by atoms with Gasteiger partial charge in [-0.25, -0.2) is 9.59 Å². The van der Waals surface area contributed by atoms with Gasteiger partial charge in [0.25, 0.3) is 0 Å². The number of carbonyl (C=O) groups is 2. The minimum atomic E-state index is -0.999. The van der Waals surface area contributed by atoms with Crippen LogP contribution in [0.25, 0.3) is 6.08 Å². The van der Waals surface area contributed by atoms with Crippen LogP contribution in [0.5, 0.6) is 17.2 Å². The number of para-hydroxylation sites is 1. The number of nitrogens with two attached hydrogens (primary N) is 1. The molecule has 7 heteroatoms. The molecule has 0 spiro atoms. The van der Waals surface area contributed by atoms with E-state index in [9.17, 15) is 24.9 Å². The third-order valence-electron chi connectivity index (χ3n) is 2.91. The minimum absolute atomic E-state index is 0.131. The van der Waals surface area contributed by atoms with Crippen molar-refractivity contribution < 1.29 is 29.6 Å². The maximum absolute atomic E-state index is 11.8. The van der Waals surface area contributed by atoms with Crippen molar-refractivity contribution >= 4 is 23.7 Å². The average molecular weight is 315 g/mol. The van der Waals surface area contributed by atoms with Gasteiger partial charge in [0.2, 0.25) is 0 Å². The van der Waals surface area contributed by atoms with Crippen LogP contribution in [0.4, 0.5) is 5.69 Å². The quantitative estimate of drug-likeness (QED) is 0.223. The summed E-state index contributed by atoms with van der Waals surface area (Å²) in [5.74, 6) is -2.88. The predicted molar refractivity (Wildman–Crippen MR) is 81.7 cm³/mol. The number of rotatable bonds is 3. The van der Waals surface area contributed by atoms with Crippen LogP contribution in [0.3, 0.4) is 0 Å². The first kappa shape index (κ1) is 15.9. The molecule has 0 unspecified atom stereocenters. The van der Waals surface area contributed by atoms with E-state index in [4.69, 9.17) is 5.73 Å². The fourth-order valence-corrected chi connectivity index (χ4v) is 1.72. The highest BCUT2D eigenvalue weighted by molar-refractivity contribution is 6.04. The van der Waals surface area contributed by atoms with Gasteiger partial charge in [-0.2, -0.15) is 0 Å². The molecule has 0 amide bonds. The number of carbonyl (C=O) groups excluding carboxylic acids is 2. The fourth-order valence-electron chi connectivity index (χ4n) is 1.72. The molecule has 0 aliphatic rings. The lowest BCUT2D eigenvalue weighted by Crippen LogP contribution is -2.12. The summed E-state index contributed by atoms with van der Waals surface area (Å²) >= 11 is 0. The van der Waals surface area contributed by atoms with Gasteiger partial charge in [0, 0.05) is 6.08 Å². The summed E-state index contributed by atoms with van der Waals surface area (Å²) in [6.07, 6.45) is 2.27. The number of phenolic OH excluding ortho intramolecular Hbond substituents is 3. The van der Waals surface area contributed by atoms with Gasteiger partial charge in [-0.05, 0) is 35.9 Å². The van der Waals surface area contributed by atoms with Crippen molar-refractivity contribution in [2.24, 2.45) is 0 Å². The standard InChI is InChI=1S/C16H13NO6/c17-15-10(2-1-3-12(15)19)16(22)23-14(21)7-5-9-4-6-11(18)13(20)8-9/h1-8,18-20H,17H2. The van der Waals surface area contributed by atoms with E-state index in [1.165, 1.54) is 42.5 Å². The molecule has 2 rings (SSSR count). The zero-order chi connectivity index (χ0) is 17.0. The second-order valence-corrected chi connectivity index (χ2v) is 4.53. The molecule has 0 aromatic heterocycles. The van der Waals surface area contributed by atoms with E-state index in [1.54, 1.807) is 0 Å². The average Bonchev–Trinajstić information content (AvgIpc) is 2.51. The van der Waals surface area contributed by atoms with E-state index in [2.05, 4.69) is 4.74 Å². The van der Waals surface area contributed by atoms with Crippen LogP contribution in [0.15, 0.2) is 42.5 Å². The molecule has 5 N–H and O–H groups in total. The Balaban J connectivity index is 2.06. The maximum Gasteiger partial charge on any atom is 0.348 e. The van der Waals surface area contributed by atoms with Crippen LogP contribution in [-0.2, 0) is 9.53 Å². The summed E-state index contributed by atoms with van der Waals surface area (Å²) in [5.41, 5.74) is 5.63. The predicted octanol–water partition coefficient (Wildman–Crippen LogP) is 1.78. The lowest BCUT2D eigenvalue weighted by Gasteiger charge is -2.05. The van der Waals surface area contributed by atoms with Crippen LogP contribution >= 0.6 is 0 Å². The molecule has 23 heavy (non-hydrogen) atoms. The summed E-state index contributed by atoms with van der Waals surface area (Å²) in [6, 6.07) is 7.93. The number of benzene rings is 2. The van der Waals surface area contributed by atoms with Gasteiger partial charge >= 0.3 is 11.9 Å². The van der Waals surface area contributed by atoms with E-state index >= 15 is 0 Å². The lowest BCUT2D eigenvalue weighted by atomic mass is 10.1. The largest absolute Gasteiger partial charge is 0.506 e. The summed E-state index contributed by atoms with van der Waals surface area (Å²) in [6.45, 7) is 0. The molecule has 118 valence electrons. The monoisotopic (exact) mass is 315 g/mol. The smallest absolute Gasteiger partial charge is 0.348 e. The maximum atomic E-state index is 11.8. The van der Waals surface area contributed by atoms with Crippen molar-refractivity contribution in [3.8, 4) is 17.2 Å². The van der Waals surface area contributed by atoms with Gasteiger partial charge in [0.1, 0.15) is 5.75 Å². The SMILES string of the molecule is Nc1c(O)cccc1C(=O)OC(=O)C=Cc1ccc(O)c(O)c1. The molecule has 0 atom stereocenters. The van der Waals surface area contributed by atoms with Gasteiger partial charge in [-0.1, -0.05) is 12.1 Å². The molecule has 0 bridgehead atoms. The van der Waals surface area contributed by atoms with E-state index in [-0.39, 0.29) is 28.5 Å². The Kier molecular flexibility index (Phi) is 4.51. The van der Waals surface area contributed by atoms with Gasteiger partial charge in [0.05, 0.1) is 11.3 Å². The second kappa shape index (κ2) is 6.52. The van der Waals surface area contributed by atoms with Gasteiger partial charge in [-0.3, -0.25) is 0 Å². The second-order valence-electron chi connectivity index (χ2n) is 4.53. The molecular weight excluding hydrogens is 302 g/mol. The van der Waals surface area contributed by atoms with E-state index < -0.39 is 11.9 Å². The number of ether oxygens (including phenoxy) is 1. The highest BCUT2D eigenvalue weighted by Crippen LogP contribution is 2.26. The molecule has 0 saturated heterocycles. The molecular formula is C16H13NO6. The Morgan fingerprint density at radius 2 is 1.74 bits per heavy atom. The first-order valence-electron chi connectivity index (χ1n) is 6.42. The molecule has 0 saturated carbocycles. The first-order chi connectivity index (χ1) is 10.9. The van der Waals surface area contributed by atoms with Crippen molar-refractivity contribution in [2.45, 2.75) is 0 Å². The van der Waals surface area contributed by atoms with Crippen molar-refractivity contribution in [3.05, 3.63) is 53.6 Å². The molecule has 0 fully saturated rings. The van der Waals surface area contributed by atoms with Crippen molar-refractivity contribution in [1.82, 2.24) is 0 Å². The number of hydrogen-bond donors (Lipinski definition) is 4. The number of anilines is 1. The minimum Gasteiger partial charge on any atom is -0.506 e. The van der Waals surface area contributed by atoms with Crippen molar-refractivity contribution in [2.75, 3.05) is 5.73 Å². The highest BCUT2D eigenvalue weighted by atomic mass is 16.6. The zero-order valence-corrected chi connectivity index (χ0v) is 11.8. The third-order valence-corrected chi connectivity index (χ3v) is 2.91. The Labute approximate surface area is 130 Å². The van der Waals surface area contributed by atoms with E-state index in [1.807, 2.05) is 0 Å². The number of phenols is 3. The highest BCUT2D eigenvalue weighted by Gasteiger charge is 2.16. The van der Waals surface area contributed by atoms with E-state index in [0.717, 1.165) is 6.08 Å². The molecule has 7 nitrogen and oxygen atoms in total. The van der Waals surface area contributed by atoms with Crippen molar-refractivity contribution in [1.29, 1.82) is 0 Å². The Morgan fingerprint density at radius 3 is 2.43 bits per heavy atom. The van der Waals surface area contributed by atoms with Crippen LogP contribution in [0, 0.1) is 0 Å². The van der Waals surface area contributed by atoms with Crippen molar-refractivity contribution in [3.63, 3.8) is 0 Å². The number of nitrogen functional groups attached to an aromatic ring is 1. The van der Waals surface area contributed by atoms with Crippen LogP contribution in [0.1, 0.15) is 15.9 Å². The molecule has 0 heterocycles. The fraction of sp³-hybridized carbons (Fsp3) is 0. The molecule has 2 aromatic carbocycles. The Bertz CT molecular complexity index is 797. The molecule has 0 radical (unpaired) electrons. The Morgan fingerprint density at radius 1 is 1.00 bits per heavy atom. The third kappa shape index (κ3) is 3.79. The first-order valence-corrected chi connectivity index (χ1v) is 6.42. The Hall–Kier alpha value is -3.48. The van der Waals surface area contributed by atoms with E-state index in [0.29, 0.717) is 5.56 Å². The van der Waals surface area contributed by atoms with Gasteiger partial charge in [-0.15, -0.1) is 0 Å². The molecule has 2 aromatic rings. The number of hydrogen-bond acceptors (Lipinski definition) is 7. The van der Waals surface area contributed by atoms with Crippen LogP contribution < -0.4 is 5.73 Å². The lowest BCUT2D eigenvalue weighted by molar-refractivity contribution is -0.132. The summed E-state index contributed by atoms with van der Waals surface area (Å²) in [7, 11) is 0. The normalized spacial score (nSPS) is 10.6. The van der Waals surface area contributed by atoms with Crippen LogP contribution in [-0.4, -0.2) is 27.3 Å². The molecule has 0 aliphatic heterocycles. The van der Waals surface area contributed by atoms with Crippen LogP contribution in [0.2, 0.25) is 0 Å². The zero-order valence-electron chi connectivity index (χ0n) is 11.8. The molecule has 0 aliphatic carbocycles.